The van der Waals surface area contributed by atoms with Crippen LogP contribution in [-0.2, 0) is 30.7 Å². The van der Waals surface area contributed by atoms with Crippen LogP contribution < -0.4 is 15.4 Å². The molecule has 45 heavy (non-hydrogen) atoms. The van der Waals surface area contributed by atoms with Crippen LogP contribution in [0.25, 0.3) is 10.2 Å². The van der Waals surface area contributed by atoms with Crippen molar-refractivity contribution >= 4 is 42.8 Å². The second-order valence-electron chi connectivity index (χ2n) is 12.5. The molecular weight excluding hydrogens is 620 g/mol. The van der Waals surface area contributed by atoms with Crippen LogP contribution in [0.5, 0.6) is 5.75 Å². The maximum atomic E-state index is 13.6. The highest BCUT2D eigenvalue weighted by Gasteiger charge is 2.56. The van der Waals surface area contributed by atoms with E-state index in [0.717, 1.165) is 44.5 Å². The number of aliphatic hydroxyl groups is 1. The van der Waals surface area contributed by atoms with E-state index in [2.05, 4.69) is 15.6 Å². The Balaban J connectivity index is 1.05. The summed E-state index contributed by atoms with van der Waals surface area (Å²) in [5, 5.41) is 18.4. The van der Waals surface area contributed by atoms with Gasteiger partial charge in [0.2, 0.25) is 10.0 Å². The molecule has 7 atom stereocenters. The van der Waals surface area contributed by atoms with Crippen molar-refractivity contribution < 1.29 is 37.3 Å². The molecule has 4 aliphatic rings. The number of carbonyl (C=O) groups is 1. The molecule has 2 aliphatic carbocycles. The van der Waals surface area contributed by atoms with Crippen molar-refractivity contribution in [1.82, 2.24) is 14.6 Å². The molecule has 2 saturated heterocycles. The number of rotatable bonds is 12. The van der Waals surface area contributed by atoms with Crippen molar-refractivity contribution in [2.45, 2.75) is 61.2 Å². The molecule has 1 aromatic heterocycles. The van der Waals surface area contributed by atoms with E-state index in [1.54, 1.807) is 31.4 Å². The molecule has 3 aromatic rings. The molecule has 4 fully saturated rings. The predicted octanol–water partition coefficient (Wildman–Crippen LogP) is 3.21. The maximum Gasteiger partial charge on any atom is 0.407 e. The van der Waals surface area contributed by atoms with Gasteiger partial charge in [-0.1, -0.05) is 23.5 Å². The number of ether oxygens (including phenoxy) is 4. The number of hydrogen-bond donors (Lipinski definition) is 3. The number of amides is 1. The Hall–Kier alpha value is -3.01. The number of methoxy groups -OCH3 is 1. The second-order valence-corrected chi connectivity index (χ2v) is 15.5. The SMILES string of the molecule is COc1ccc(C[C@H](NC(=O)OC2C3COC4OCC2C4C3)[C@H](O)CN(C)S(=O)(=O)c2ccc3nc(NC4CC4)sc3c2)cc1. The number of carbonyl (C=O) groups excluding carboxylic acids is 1. The number of hydrogen-bond acceptors (Lipinski definition) is 11. The first kappa shape index (κ1) is 30.6. The summed E-state index contributed by atoms with van der Waals surface area (Å²) in [6.45, 7) is 0.705. The van der Waals surface area contributed by atoms with Crippen LogP contribution in [-0.4, -0.2) is 93.4 Å². The fraction of sp³-hybridized carbons (Fsp3) is 0.548. The Morgan fingerprint density at radius 2 is 1.93 bits per heavy atom. The number of alkyl carbamates (subject to hydrolysis) is 1. The number of sulfonamides is 1. The van der Waals surface area contributed by atoms with Gasteiger partial charge in [0, 0.05) is 37.4 Å². The third-order valence-electron chi connectivity index (χ3n) is 9.33. The number of aliphatic hydroxyl groups excluding tert-OH is 1. The topological polar surface area (TPSA) is 149 Å². The Labute approximate surface area is 266 Å². The lowest BCUT2D eigenvalue weighted by molar-refractivity contribution is -0.169. The number of benzene rings is 2. The Kier molecular flexibility index (Phi) is 8.38. The van der Waals surface area contributed by atoms with E-state index >= 15 is 0 Å². The zero-order chi connectivity index (χ0) is 31.3. The molecule has 2 saturated carbocycles. The monoisotopic (exact) mass is 658 g/mol. The summed E-state index contributed by atoms with van der Waals surface area (Å²) < 4.78 is 51.8. The number of likely N-dealkylation sites (N-methyl/N-ethyl adjacent to an activating group) is 1. The number of aromatic nitrogens is 1. The summed E-state index contributed by atoms with van der Waals surface area (Å²) in [7, 11) is -0.962. The van der Waals surface area contributed by atoms with Crippen molar-refractivity contribution in [1.29, 1.82) is 0 Å². The third kappa shape index (κ3) is 6.36. The van der Waals surface area contributed by atoms with Crippen LogP contribution in [0.2, 0.25) is 0 Å². The molecule has 0 spiro atoms. The van der Waals surface area contributed by atoms with Gasteiger partial charge >= 0.3 is 6.09 Å². The minimum Gasteiger partial charge on any atom is -0.497 e. The van der Waals surface area contributed by atoms with E-state index in [9.17, 15) is 18.3 Å². The summed E-state index contributed by atoms with van der Waals surface area (Å²) in [5.41, 5.74) is 1.55. The lowest BCUT2D eigenvalue weighted by Crippen LogP contribution is -2.51. The van der Waals surface area contributed by atoms with E-state index in [-0.39, 0.29) is 48.0 Å². The van der Waals surface area contributed by atoms with Crippen LogP contribution in [0.1, 0.15) is 24.8 Å². The zero-order valence-corrected chi connectivity index (χ0v) is 26.8. The van der Waals surface area contributed by atoms with Crippen molar-refractivity contribution in [3.8, 4) is 5.75 Å². The molecule has 0 radical (unpaired) electrons. The number of thiazole rings is 1. The van der Waals surface area contributed by atoms with Gasteiger partial charge in [-0.05, 0) is 61.6 Å². The molecule has 3 heterocycles. The molecule has 2 aliphatic heterocycles. The average Bonchev–Trinajstić information content (AvgIpc) is 3.48. The smallest absolute Gasteiger partial charge is 0.407 e. The van der Waals surface area contributed by atoms with E-state index in [1.807, 2.05) is 12.1 Å². The summed E-state index contributed by atoms with van der Waals surface area (Å²) in [5.74, 6) is 1.06. The number of nitrogens with zero attached hydrogens (tertiary/aromatic N) is 2. The normalized spacial score (nSPS) is 27.0. The quantitative estimate of drug-likeness (QED) is 0.265. The van der Waals surface area contributed by atoms with Crippen molar-refractivity contribution in [2.75, 3.05) is 39.2 Å². The molecule has 14 heteroatoms. The van der Waals surface area contributed by atoms with Gasteiger partial charge in [-0.25, -0.2) is 18.2 Å². The van der Waals surface area contributed by atoms with Crippen LogP contribution in [0.3, 0.4) is 0 Å². The molecule has 1 amide bonds. The zero-order valence-electron chi connectivity index (χ0n) is 25.1. The highest BCUT2D eigenvalue weighted by Crippen LogP contribution is 2.49. The second kappa shape index (κ2) is 12.3. The van der Waals surface area contributed by atoms with Crippen LogP contribution in [0.4, 0.5) is 9.93 Å². The van der Waals surface area contributed by atoms with Crippen LogP contribution in [0, 0.1) is 17.8 Å². The van der Waals surface area contributed by atoms with Gasteiger partial charge in [-0.2, -0.15) is 4.31 Å². The number of fused-ring (bicyclic) bond motifs is 2. The van der Waals surface area contributed by atoms with E-state index < -0.39 is 28.3 Å². The molecular formula is C31H38N4O8S2. The lowest BCUT2D eigenvalue weighted by atomic mass is 9.98. The molecule has 242 valence electrons. The van der Waals surface area contributed by atoms with Gasteiger partial charge in [0.25, 0.3) is 0 Å². The first-order valence-corrected chi connectivity index (χ1v) is 17.6. The van der Waals surface area contributed by atoms with Gasteiger partial charge in [-0.15, -0.1) is 0 Å². The van der Waals surface area contributed by atoms with Gasteiger partial charge in [0.1, 0.15) is 11.9 Å². The van der Waals surface area contributed by atoms with Gasteiger partial charge < -0.3 is 34.7 Å². The molecule has 3 N–H and O–H groups in total. The summed E-state index contributed by atoms with van der Waals surface area (Å²) in [6.07, 6.45) is 0.874. The van der Waals surface area contributed by atoms with E-state index in [4.69, 9.17) is 18.9 Å². The van der Waals surface area contributed by atoms with Gasteiger partial charge in [0.15, 0.2) is 11.4 Å². The largest absolute Gasteiger partial charge is 0.497 e. The van der Waals surface area contributed by atoms with Crippen molar-refractivity contribution in [3.63, 3.8) is 0 Å². The number of anilines is 1. The van der Waals surface area contributed by atoms with E-state index in [1.165, 1.54) is 24.5 Å². The van der Waals surface area contributed by atoms with Gasteiger partial charge in [-0.3, -0.25) is 0 Å². The van der Waals surface area contributed by atoms with Gasteiger partial charge in [0.05, 0.1) is 47.6 Å². The fourth-order valence-electron chi connectivity index (χ4n) is 6.66. The standard InChI is InChI=1S/C31H38N4O8S2/c1-35(45(38,39)21-9-10-24-27(13-21)44-30(33-24)32-19-5-6-19)14-26(36)25(11-17-3-7-20(40-2)8-4-17)34-31(37)43-28-18-12-22-23(28)16-42-29(22)41-15-18/h3-4,7-10,13,18-19,22-23,25-26,28-29,36H,5-6,11-12,14-16H2,1-2H3,(H,32,33)(H,34,37)/t18?,22?,23?,25-,26+,28?,29?/m0/s1. The first-order chi connectivity index (χ1) is 21.7. The molecule has 7 rings (SSSR count). The predicted molar refractivity (Wildman–Crippen MR) is 167 cm³/mol. The molecule has 5 unspecified atom stereocenters. The molecule has 2 aromatic carbocycles. The third-order valence-corrected chi connectivity index (χ3v) is 12.1. The number of nitrogens with one attached hydrogen (secondary N) is 2. The maximum absolute atomic E-state index is 13.6. The lowest BCUT2D eigenvalue weighted by Gasteiger charge is -2.30. The van der Waals surface area contributed by atoms with Crippen molar-refractivity contribution in [3.05, 3.63) is 48.0 Å². The van der Waals surface area contributed by atoms with Crippen LogP contribution in [0.15, 0.2) is 47.4 Å². The minimum absolute atomic E-state index is 0.0749. The van der Waals surface area contributed by atoms with E-state index in [0.29, 0.717) is 25.0 Å². The first-order valence-electron chi connectivity index (χ1n) is 15.3. The van der Waals surface area contributed by atoms with Crippen LogP contribution >= 0.6 is 11.3 Å². The van der Waals surface area contributed by atoms with Crippen molar-refractivity contribution in [2.24, 2.45) is 17.8 Å². The summed E-state index contributed by atoms with van der Waals surface area (Å²) in [4.78, 5) is 18.0. The molecule has 12 nitrogen and oxygen atoms in total. The fourth-order valence-corrected chi connectivity index (χ4v) is 8.93. The summed E-state index contributed by atoms with van der Waals surface area (Å²) in [6, 6.07) is 11.7. The minimum atomic E-state index is -3.96. The Bertz CT molecular complexity index is 1650. The summed E-state index contributed by atoms with van der Waals surface area (Å²) >= 11 is 1.42. The Morgan fingerprint density at radius 1 is 1.16 bits per heavy atom. The highest BCUT2D eigenvalue weighted by molar-refractivity contribution is 7.89. The average molecular weight is 659 g/mol. The highest BCUT2D eigenvalue weighted by atomic mass is 32.2. The Morgan fingerprint density at radius 3 is 2.69 bits per heavy atom. The molecule has 2 bridgehead atoms.